The van der Waals surface area contributed by atoms with Gasteiger partial charge in [-0.2, -0.15) is 0 Å². The molecule has 0 aromatic heterocycles. The summed E-state index contributed by atoms with van der Waals surface area (Å²) in [5.74, 6) is 0.239. The van der Waals surface area contributed by atoms with E-state index in [4.69, 9.17) is 0 Å². The molecule has 0 bridgehead atoms. The molecule has 0 aliphatic rings. The first kappa shape index (κ1) is 31.1. The van der Waals surface area contributed by atoms with Gasteiger partial charge in [0.25, 0.3) is 0 Å². The van der Waals surface area contributed by atoms with Crippen molar-refractivity contribution in [2.45, 2.75) is 44.3 Å². The molecule has 0 fully saturated rings. The van der Waals surface area contributed by atoms with Crippen molar-refractivity contribution in [1.29, 1.82) is 0 Å². The van der Waals surface area contributed by atoms with Gasteiger partial charge in [-0.15, -0.1) is 34.0 Å². The first-order valence-corrected chi connectivity index (χ1v) is 12.9. The van der Waals surface area contributed by atoms with Crippen molar-refractivity contribution < 1.29 is 13.5 Å². The molecule has 0 atom stereocenters. The minimum absolute atomic E-state index is 0. The largest absolute Gasteiger partial charge is 0.508 e. The van der Waals surface area contributed by atoms with Crippen LogP contribution in [-0.4, -0.2) is 46.0 Å². The summed E-state index contributed by atoms with van der Waals surface area (Å²) in [4.78, 5) is 0. The number of aromatic hydroxyl groups is 1. The minimum Gasteiger partial charge on any atom is -0.508 e. The van der Waals surface area contributed by atoms with Crippen LogP contribution in [-0.2, 0) is 28.4 Å². The van der Waals surface area contributed by atoms with Gasteiger partial charge in [-0.3, -0.25) is 0 Å². The van der Waals surface area contributed by atoms with E-state index in [1.165, 1.54) is 31.1 Å². The van der Waals surface area contributed by atoms with Gasteiger partial charge in [0.15, 0.2) is 9.84 Å². The highest BCUT2D eigenvalue weighted by Gasteiger charge is 2.08. The van der Waals surface area contributed by atoms with Crippen LogP contribution in [0.25, 0.3) is 0 Å². The van der Waals surface area contributed by atoms with E-state index >= 15 is 0 Å². The summed E-state index contributed by atoms with van der Waals surface area (Å²) in [6.45, 7) is 3.84. The second-order valence-corrected chi connectivity index (χ2v) is 10.1. The van der Waals surface area contributed by atoms with Crippen LogP contribution in [0.15, 0.2) is 48.5 Å². The van der Waals surface area contributed by atoms with Crippen molar-refractivity contribution in [3.8, 4) is 5.75 Å². The van der Waals surface area contributed by atoms with E-state index < -0.39 is 9.84 Å². The fraction of sp³-hybridized carbons (Fsp3) is 0.500. The topological polar surface area (TPSA) is 78.4 Å². The Kier molecular flexibility index (Phi) is 17.0. The second kappa shape index (κ2) is 17.5. The quantitative estimate of drug-likeness (QED) is 0.263. The highest BCUT2D eigenvalue weighted by atomic mass is 79.9. The van der Waals surface area contributed by atoms with Crippen LogP contribution in [0.3, 0.4) is 0 Å². The Labute approximate surface area is 214 Å². The molecule has 0 saturated carbocycles. The van der Waals surface area contributed by atoms with E-state index in [0.717, 1.165) is 50.1 Å². The molecule has 0 spiro atoms. The maximum Gasteiger partial charge on any atom is 0.151 e. The smallest absolute Gasteiger partial charge is 0.151 e. The van der Waals surface area contributed by atoms with Crippen molar-refractivity contribution in [3.63, 3.8) is 0 Å². The number of nitrogens with one attached hydrogen (secondary N) is 2. The molecule has 0 aliphatic carbocycles. The predicted molar refractivity (Wildman–Crippen MR) is 145 cm³/mol. The van der Waals surface area contributed by atoms with Crippen molar-refractivity contribution in [1.82, 2.24) is 10.6 Å². The molecule has 8 heteroatoms. The lowest BCUT2D eigenvalue weighted by molar-refractivity contribution is 0.466. The fourth-order valence-electron chi connectivity index (χ4n) is 3.44. The summed E-state index contributed by atoms with van der Waals surface area (Å²) in [5, 5.41) is 16.9. The van der Waals surface area contributed by atoms with Gasteiger partial charge in [-0.25, -0.2) is 8.42 Å². The lowest BCUT2D eigenvalue weighted by atomic mass is 10.1. The highest BCUT2D eigenvalue weighted by molar-refractivity contribution is 8.93. The fourth-order valence-corrected chi connectivity index (χ4v) is 4.22. The van der Waals surface area contributed by atoms with E-state index in [1.54, 1.807) is 18.2 Å². The Morgan fingerprint density at radius 3 is 1.94 bits per heavy atom. The number of unbranched alkanes of at least 4 members (excludes halogenated alkanes) is 3. The first-order valence-electron chi connectivity index (χ1n) is 10.9. The molecule has 2 rings (SSSR count). The van der Waals surface area contributed by atoms with Gasteiger partial charge >= 0.3 is 0 Å². The van der Waals surface area contributed by atoms with Crippen molar-refractivity contribution in [2.75, 3.05) is 32.4 Å². The van der Waals surface area contributed by atoms with E-state index in [-0.39, 0.29) is 45.5 Å². The zero-order chi connectivity index (χ0) is 21.7. The Bertz CT molecular complexity index is 850. The lowest BCUT2D eigenvalue weighted by Crippen LogP contribution is -2.19. The van der Waals surface area contributed by atoms with Crippen molar-refractivity contribution in [2.24, 2.45) is 0 Å². The Balaban J connectivity index is 0.00000480. The van der Waals surface area contributed by atoms with Crippen LogP contribution in [0.5, 0.6) is 5.75 Å². The summed E-state index contributed by atoms with van der Waals surface area (Å²) in [7, 11) is -3.07. The predicted octanol–water partition coefficient (Wildman–Crippen LogP) is 4.62. The third-order valence-corrected chi connectivity index (χ3v) is 5.89. The lowest BCUT2D eigenvalue weighted by Gasteiger charge is -2.09. The van der Waals surface area contributed by atoms with Crippen LogP contribution < -0.4 is 10.6 Å². The maximum atomic E-state index is 11.4. The summed E-state index contributed by atoms with van der Waals surface area (Å²) in [6.07, 6.45) is 7.78. The zero-order valence-electron chi connectivity index (χ0n) is 18.9. The third-order valence-electron chi connectivity index (χ3n) is 5.03. The van der Waals surface area contributed by atoms with Gasteiger partial charge in [0.2, 0.25) is 0 Å². The SMILES string of the molecule is Br.Br.CS(=O)(=O)Cc1ccc(O)c(CCNCCCCCCNCCc2ccccc2)c1. The average molecular weight is 594 g/mol. The number of sulfone groups is 1. The molecule has 0 unspecified atom stereocenters. The number of phenols is 1. The van der Waals surface area contributed by atoms with Crippen LogP contribution in [0, 0.1) is 0 Å². The van der Waals surface area contributed by atoms with Crippen molar-refractivity contribution >= 4 is 43.8 Å². The summed E-state index contributed by atoms with van der Waals surface area (Å²) >= 11 is 0. The molecule has 2 aromatic carbocycles. The summed E-state index contributed by atoms with van der Waals surface area (Å²) < 4.78 is 22.9. The Morgan fingerprint density at radius 1 is 0.750 bits per heavy atom. The maximum absolute atomic E-state index is 11.4. The molecule has 0 saturated heterocycles. The monoisotopic (exact) mass is 592 g/mol. The Morgan fingerprint density at radius 2 is 1.34 bits per heavy atom. The number of hydrogen-bond donors (Lipinski definition) is 3. The third kappa shape index (κ3) is 14.3. The molecular weight excluding hydrogens is 556 g/mol. The number of hydrogen-bond acceptors (Lipinski definition) is 5. The van der Waals surface area contributed by atoms with Crippen LogP contribution in [0.4, 0.5) is 0 Å². The normalized spacial score (nSPS) is 10.9. The molecular formula is C24H38Br2N2O3S. The molecule has 182 valence electrons. The molecule has 32 heavy (non-hydrogen) atoms. The molecule has 2 aromatic rings. The number of benzene rings is 2. The van der Waals surface area contributed by atoms with Crippen LogP contribution in [0.2, 0.25) is 0 Å². The van der Waals surface area contributed by atoms with E-state index in [0.29, 0.717) is 6.42 Å². The van der Waals surface area contributed by atoms with Gasteiger partial charge in [0, 0.05) is 6.26 Å². The molecule has 0 heterocycles. The molecule has 5 nitrogen and oxygen atoms in total. The van der Waals surface area contributed by atoms with Gasteiger partial charge in [0.1, 0.15) is 5.75 Å². The molecule has 0 radical (unpaired) electrons. The number of halogens is 2. The highest BCUT2D eigenvalue weighted by Crippen LogP contribution is 2.20. The van der Waals surface area contributed by atoms with Gasteiger partial charge in [0.05, 0.1) is 5.75 Å². The Hall–Kier alpha value is -0.930. The summed E-state index contributed by atoms with van der Waals surface area (Å²) in [6, 6.07) is 15.6. The standard InChI is InChI=1S/C24H36N2O3S.2BrH/c1-30(28,29)20-22-11-12-24(27)23(19-22)14-18-26-16-8-3-2-7-15-25-17-13-21-9-5-4-6-10-21;;/h4-6,9-12,19,25-27H,2-3,7-8,13-18,20H2,1H3;2*1H. The van der Waals surface area contributed by atoms with Crippen LogP contribution in [0.1, 0.15) is 42.4 Å². The second-order valence-electron chi connectivity index (χ2n) is 7.93. The van der Waals surface area contributed by atoms with Crippen molar-refractivity contribution in [3.05, 3.63) is 65.2 Å². The number of rotatable bonds is 15. The molecule has 0 amide bonds. The summed E-state index contributed by atoms with van der Waals surface area (Å²) in [5.41, 5.74) is 2.90. The molecule has 0 aliphatic heterocycles. The first-order chi connectivity index (χ1) is 14.4. The van der Waals surface area contributed by atoms with Gasteiger partial charge in [-0.1, -0.05) is 55.3 Å². The van der Waals surface area contributed by atoms with E-state index in [1.807, 2.05) is 0 Å². The number of phenolic OH excluding ortho intramolecular Hbond substituents is 1. The van der Waals surface area contributed by atoms with Gasteiger partial charge < -0.3 is 15.7 Å². The molecule has 3 N–H and O–H groups in total. The van der Waals surface area contributed by atoms with Gasteiger partial charge in [-0.05, 0) is 74.6 Å². The minimum atomic E-state index is -3.07. The van der Waals surface area contributed by atoms with E-state index in [2.05, 4.69) is 41.0 Å². The van der Waals surface area contributed by atoms with E-state index in [9.17, 15) is 13.5 Å². The van der Waals surface area contributed by atoms with Crippen LogP contribution >= 0.6 is 34.0 Å². The zero-order valence-corrected chi connectivity index (χ0v) is 23.1. The average Bonchev–Trinajstić information content (AvgIpc) is 2.70.